The molecule has 0 amide bonds. The molecule has 0 spiro atoms. The molecule has 2 aromatic rings. The van der Waals surface area contributed by atoms with E-state index in [4.69, 9.17) is 5.26 Å². The van der Waals surface area contributed by atoms with Crippen LogP contribution in [0.4, 0.5) is 11.4 Å². The molecule has 0 unspecified atom stereocenters. The van der Waals surface area contributed by atoms with Gasteiger partial charge in [0.2, 0.25) is 5.76 Å². The van der Waals surface area contributed by atoms with Crippen molar-refractivity contribution < 1.29 is 9.53 Å². The molecule has 0 saturated heterocycles. The van der Waals surface area contributed by atoms with E-state index in [1.54, 1.807) is 6.08 Å². The number of aryl methyl sites for hydroxylation is 2. The summed E-state index contributed by atoms with van der Waals surface area (Å²) in [6.07, 6.45) is 7.09. The first-order valence-electron chi connectivity index (χ1n) is 8.64. The van der Waals surface area contributed by atoms with Gasteiger partial charge in [0.1, 0.15) is 6.07 Å². The van der Waals surface area contributed by atoms with E-state index in [-0.39, 0.29) is 12.2 Å². The number of ether oxygens (including phenoxy) is 1. The largest absolute Gasteiger partial charge is 0.417 e. The predicted octanol–water partition coefficient (Wildman–Crippen LogP) is 4.54. The van der Waals surface area contributed by atoms with E-state index in [1.165, 1.54) is 28.6 Å². The fourth-order valence-corrected chi connectivity index (χ4v) is 3.30. The number of nitriles is 1. The summed E-state index contributed by atoms with van der Waals surface area (Å²) < 4.78 is 4.56. The Morgan fingerprint density at radius 1 is 1.19 bits per heavy atom. The van der Waals surface area contributed by atoms with Crippen molar-refractivity contribution in [1.82, 2.24) is 0 Å². The van der Waals surface area contributed by atoms with Gasteiger partial charge < -0.3 is 9.64 Å². The lowest BCUT2D eigenvalue weighted by molar-refractivity contribution is -0.124. The van der Waals surface area contributed by atoms with Crippen LogP contribution in [0.25, 0.3) is 6.08 Å². The summed E-state index contributed by atoms with van der Waals surface area (Å²) in [7, 11) is 0. The molecule has 0 bridgehead atoms. The number of carbonyl (C=O) groups is 1. The van der Waals surface area contributed by atoms with Gasteiger partial charge in [-0.1, -0.05) is 36.4 Å². The van der Waals surface area contributed by atoms with E-state index in [2.05, 4.69) is 59.0 Å². The van der Waals surface area contributed by atoms with Crippen LogP contribution in [0.1, 0.15) is 23.6 Å². The molecule has 0 radical (unpaired) electrons. The monoisotopic (exact) mass is 344 g/mol. The third-order valence-electron chi connectivity index (χ3n) is 4.48. The number of carbonyl (C=O) groups excluding carboxylic acids is 1. The van der Waals surface area contributed by atoms with Gasteiger partial charge in [0.05, 0.1) is 0 Å². The van der Waals surface area contributed by atoms with Crippen LogP contribution in [0.5, 0.6) is 0 Å². The van der Waals surface area contributed by atoms with Gasteiger partial charge in [0.25, 0.3) is 6.47 Å². The summed E-state index contributed by atoms with van der Waals surface area (Å²) in [5, 5.41) is 8.84. The highest BCUT2D eigenvalue weighted by Gasteiger charge is 2.18. The third-order valence-corrected chi connectivity index (χ3v) is 4.48. The average Bonchev–Trinajstić information content (AvgIpc) is 2.83. The molecule has 0 saturated carbocycles. The van der Waals surface area contributed by atoms with E-state index in [0.29, 0.717) is 0 Å². The number of allylic oxidation sites excluding steroid dienone is 3. The zero-order chi connectivity index (χ0) is 18.4. The maximum Gasteiger partial charge on any atom is 0.299 e. The van der Waals surface area contributed by atoms with Crippen molar-refractivity contribution in [2.75, 3.05) is 11.4 Å². The van der Waals surface area contributed by atoms with Crippen molar-refractivity contribution in [3.8, 4) is 6.07 Å². The Balaban J connectivity index is 1.90. The molecule has 2 aromatic carbocycles. The van der Waals surface area contributed by atoms with Crippen LogP contribution in [-0.4, -0.2) is 13.0 Å². The molecule has 4 nitrogen and oxygen atoms in total. The molecule has 0 atom stereocenters. The van der Waals surface area contributed by atoms with Crippen LogP contribution >= 0.6 is 0 Å². The van der Waals surface area contributed by atoms with Crippen molar-refractivity contribution in [1.29, 1.82) is 5.26 Å². The molecule has 1 aliphatic heterocycles. The normalized spacial score (nSPS) is 13.5. The topological polar surface area (TPSA) is 53.3 Å². The van der Waals surface area contributed by atoms with Crippen LogP contribution in [0.15, 0.2) is 60.4 Å². The number of para-hydroxylation sites is 1. The Bertz CT molecular complexity index is 907. The van der Waals surface area contributed by atoms with Gasteiger partial charge in [0, 0.05) is 17.9 Å². The van der Waals surface area contributed by atoms with Gasteiger partial charge in [-0.15, -0.1) is 0 Å². The van der Waals surface area contributed by atoms with Crippen molar-refractivity contribution in [3.05, 3.63) is 77.1 Å². The van der Waals surface area contributed by atoms with E-state index in [9.17, 15) is 4.79 Å². The van der Waals surface area contributed by atoms with Gasteiger partial charge in [-0.25, -0.2) is 0 Å². The lowest BCUT2D eigenvalue weighted by Gasteiger charge is -2.25. The second kappa shape index (κ2) is 8.17. The number of hydrogen-bond acceptors (Lipinski definition) is 4. The molecule has 0 aromatic heterocycles. The second-order valence-electron chi connectivity index (χ2n) is 5.98. The standard InChI is InChI=1S/C22H20N2O2/c1-2-24-21-9-4-3-7-18(21)11-12-19-14-17(10-13-22(19)24)6-5-8-20(15-23)26-16-25/h3-10,13-14,16H,2,11-12H2,1H3/b6-5+,20-8-. The predicted molar refractivity (Wildman–Crippen MR) is 103 cm³/mol. The van der Waals surface area contributed by atoms with Crippen LogP contribution in [0.2, 0.25) is 0 Å². The van der Waals surface area contributed by atoms with E-state index >= 15 is 0 Å². The minimum atomic E-state index is -0.0291. The molecule has 4 heteroatoms. The molecule has 0 N–H and O–H groups in total. The first kappa shape index (κ1) is 17.5. The summed E-state index contributed by atoms with van der Waals surface area (Å²) in [6, 6.07) is 16.8. The highest BCUT2D eigenvalue weighted by atomic mass is 16.5. The van der Waals surface area contributed by atoms with Crippen molar-refractivity contribution in [2.45, 2.75) is 19.8 Å². The fraction of sp³-hybridized carbons (Fsp3) is 0.182. The molecule has 1 heterocycles. The van der Waals surface area contributed by atoms with E-state index in [0.717, 1.165) is 24.9 Å². The summed E-state index contributed by atoms with van der Waals surface area (Å²) in [5.41, 5.74) is 6.25. The highest BCUT2D eigenvalue weighted by Crippen LogP contribution is 2.36. The Labute approximate surface area is 153 Å². The molecule has 1 aliphatic rings. The van der Waals surface area contributed by atoms with Crippen LogP contribution in [0.3, 0.4) is 0 Å². The third kappa shape index (κ3) is 3.68. The van der Waals surface area contributed by atoms with E-state index < -0.39 is 0 Å². The second-order valence-corrected chi connectivity index (χ2v) is 5.98. The smallest absolute Gasteiger partial charge is 0.299 e. The Morgan fingerprint density at radius 2 is 1.96 bits per heavy atom. The quantitative estimate of drug-likeness (QED) is 0.346. The maximum absolute atomic E-state index is 10.3. The molecule has 0 aliphatic carbocycles. The molecule has 26 heavy (non-hydrogen) atoms. The minimum absolute atomic E-state index is 0.0291. The SMILES string of the molecule is CCN1c2ccccc2CCc2cc(/C=C/C=C(/C#N)OC=O)ccc21. The number of rotatable bonds is 5. The van der Waals surface area contributed by atoms with E-state index in [1.807, 2.05) is 12.1 Å². The van der Waals surface area contributed by atoms with Gasteiger partial charge in [-0.3, -0.25) is 4.79 Å². The van der Waals surface area contributed by atoms with Crippen molar-refractivity contribution in [3.63, 3.8) is 0 Å². The lowest BCUT2D eigenvalue weighted by Crippen LogP contribution is -2.17. The first-order chi connectivity index (χ1) is 12.8. The van der Waals surface area contributed by atoms with Gasteiger partial charge >= 0.3 is 0 Å². The Kier molecular flexibility index (Phi) is 5.50. The summed E-state index contributed by atoms with van der Waals surface area (Å²) in [4.78, 5) is 12.7. The van der Waals surface area contributed by atoms with Gasteiger partial charge in [-0.2, -0.15) is 5.26 Å². The molecular formula is C22H20N2O2. The van der Waals surface area contributed by atoms with Crippen LogP contribution < -0.4 is 4.90 Å². The molecular weight excluding hydrogens is 324 g/mol. The van der Waals surface area contributed by atoms with Gasteiger partial charge in [0.15, 0.2) is 0 Å². The number of hydrogen-bond donors (Lipinski definition) is 0. The zero-order valence-electron chi connectivity index (χ0n) is 14.7. The summed E-state index contributed by atoms with van der Waals surface area (Å²) >= 11 is 0. The Morgan fingerprint density at radius 3 is 2.73 bits per heavy atom. The summed E-state index contributed by atoms with van der Waals surface area (Å²) in [5.74, 6) is -0.0291. The fourth-order valence-electron chi connectivity index (χ4n) is 3.30. The summed E-state index contributed by atoms with van der Waals surface area (Å²) in [6.45, 7) is 3.33. The van der Waals surface area contributed by atoms with Crippen LogP contribution in [-0.2, 0) is 22.4 Å². The maximum atomic E-state index is 10.3. The highest BCUT2D eigenvalue weighted by molar-refractivity contribution is 5.72. The van der Waals surface area contributed by atoms with Crippen molar-refractivity contribution in [2.24, 2.45) is 0 Å². The number of fused-ring (bicyclic) bond motifs is 2. The average molecular weight is 344 g/mol. The lowest BCUT2D eigenvalue weighted by atomic mass is 10.0. The van der Waals surface area contributed by atoms with Crippen LogP contribution in [0, 0.1) is 11.3 Å². The molecule has 3 rings (SSSR count). The number of nitrogens with zero attached hydrogens (tertiary/aromatic N) is 2. The van der Waals surface area contributed by atoms with Gasteiger partial charge in [-0.05, 0) is 60.7 Å². The molecule has 0 fully saturated rings. The number of anilines is 2. The zero-order valence-corrected chi connectivity index (χ0v) is 14.7. The Hall–Kier alpha value is -3.32. The molecule has 130 valence electrons. The minimum Gasteiger partial charge on any atom is -0.417 e. The number of benzene rings is 2. The van der Waals surface area contributed by atoms with Crippen molar-refractivity contribution >= 4 is 23.9 Å². The first-order valence-corrected chi connectivity index (χ1v) is 8.64.